The van der Waals surface area contributed by atoms with E-state index in [9.17, 15) is 4.79 Å². The van der Waals surface area contributed by atoms with Crippen LogP contribution in [0.2, 0.25) is 4.34 Å². The van der Waals surface area contributed by atoms with Gasteiger partial charge in [0, 0.05) is 24.0 Å². The van der Waals surface area contributed by atoms with Crippen molar-refractivity contribution in [3.8, 4) is 0 Å². The molecule has 1 aromatic heterocycles. The Balaban J connectivity index is 2.86. The minimum atomic E-state index is -0.0192. The average Bonchev–Trinajstić information content (AvgIpc) is 2.86. The van der Waals surface area contributed by atoms with E-state index >= 15 is 0 Å². The molecule has 0 bridgehead atoms. The van der Waals surface area contributed by atoms with Gasteiger partial charge >= 0.3 is 0 Å². The summed E-state index contributed by atoms with van der Waals surface area (Å²) < 4.78 is 0.752. The van der Waals surface area contributed by atoms with E-state index in [2.05, 4.69) is 6.92 Å². The van der Waals surface area contributed by atoms with Crippen molar-refractivity contribution >= 4 is 28.8 Å². The summed E-state index contributed by atoms with van der Waals surface area (Å²) in [4.78, 5) is 17.3. The Kier molecular flexibility index (Phi) is 7.66. The second-order valence-electron chi connectivity index (χ2n) is 5.14. The van der Waals surface area contributed by atoms with Crippen LogP contribution in [-0.4, -0.2) is 48.4 Å². The Morgan fingerprint density at radius 2 is 1.95 bits per heavy atom. The largest absolute Gasteiger partial charge is 0.342 e. The molecule has 4 nitrogen and oxygen atoms in total. The van der Waals surface area contributed by atoms with E-state index in [4.69, 9.17) is 17.3 Å². The predicted octanol–water partition coefficient (Wildman–Crippen LogP) is 2.98. The van der Waals surface area contributed by atoms with Crippen molar-refractivity contribution in [2.24, 2.45) is 5.73 Å². The van der Waals surface area contributed by atoms with Gasteiger partial charge in [-0.05, 0) is 39.4 Å². The summed E-state index contributed by atoms with van der Waals surface area (Å²) in [5.41, 5.74) is 6.27. The molecule has 0 saturated heterocycles. The number of amides is 1. The van der Waals surface area contributed by atoms with Crippen LogP contribution in [0.15, 0.2) is 12.1 Å². The second kappa shape index (κ2) is 8.73. The van der Waals surface area contributed by atoms with Crippen LogP contribution < -0.4 is 5.73 Å². The van der Waals surface area contributed by atoms with Gasteiger partial charge in [0.2, 0.25) is 5.91 Å². The van der Waals surface area contributed by atoms with Gasteiger partial charge in [-0.2, -0.15) is 0 Å². The number of nitrogens with two attached hydrogens (primary N) is 1. The van der Waals surface area contributed by atoms with Crippen LogP contribution in [0.5, 0.6) is 0 Å². The lowest BCUT2D eigenvalue weighted by atomic mass is 10.0. The zero-order valence-electron chi connectivity index (χ0n) is 13.3. The van der Waals surface area contributed by atoms with E-state index in [1.807, 2.05) is 42.8 Å². The van der Waals surface area contributed by atoms with Gasteiger partial charge in [-0.1, -0.05) is 18.5 Å². The second-order valence-corrected chi connectivity index (χ2v) is 6.89. The number of carbonyl (C=O) groups excluding carboxylic acids is 1. The number of thiophene rings is 1. The Morgan fingerprint density at radius 1 is 1.33 bits per heavy atom. The van der Waals surface area contributed by atoms with Crippen LogP contribution in [0.25, 0.3) is 0 Å². The molecule has 1 rings (SSSR count). The number of nitrogens with zero attached hydrogens (tertiary/aromatic N) is 2. The fourth-order valence-electron chi connectivity index (χ4n) is 2.45. The minimum Gasteiger partial charge on any atom is -0.342 e. The highest BCUT2D eigenvalue weighted by Gasteiger charge is 2.27. The molecule has 0 aliphatic carbocycles. The molecule has 0 saturated carbocycles. The van der Waals surface area contributed by atoms with Crippen LogP contribution in [0, 0.1) is 0 Å². The topological polar surface area (TPSA) is 49.6 Å². The first-order chi connectivity index (χ1) is 9.94. The fourth-order valence-corrected chi connectivity index (χ4v) is 3.76. The van der Waals surface area contributed by atoms with Crippen molar-refractivity contribution < 1.29 is 4.79 Å². The molecule has 1 heterocycles. The third-order valence-corrected chi connectivity index (χ3v) is 5.04. The van der Waals surface area contributed by atoms with Gasteiger partial charge in [0.05, 0.1) is 16.9 Å². The summed E-state index contributed by atoms with van der Waals surface area (Å²) >= 11 is 7.58. The van der Waals surface area contributed by atoms with Crippen molar-refractivity contribution in [1.29, 1.82) is 0 Å². The standard InChI is InChI=1S/C15H26ClN3OS/c1-5-11(17)15(12-8-9-13(16)21-12)18(4)10-14(20)19(6-2)7-3/h8-9,11,15H,5-7,10,17H2,1-4H3. The first kappa shape index (κ1) is 18.4. The van der Waals surface area contributed by atoms with Gasteiger partial charge < -0.3 is 10.6 Å². The Morgan fingerprint density at radius 3 is 2.38 bits per heavy atom. The maximum atomic E-state index is 12.3. The number of rotatable bonds is 8. The van der Waals surface area contributed by atoms with Gasteiger partial charge in [-0.3, -0.25) is 9.69 Å². The van der Waals surface area contributed by atoms with Crippen LogP contribution in [0.4, 0.5) is 0 Å². The van der Waals surface area contributed by atoms with Crippen LogP contribution in [-0.2, 0) is 4.79 Å². The third kappa shape index (κ3) is 4.95. The van der Waals surface area contributed by atoms with Gasteiger partial charge in [-0.15, -0.1) is 11.3 Å². The predicted molar refractivity (Wildman–Crippen MR) is 90.9 cm³/mol. The monoisotopic (exact) mass is 331 g/mol. The molecule has 2 N–H and O–H groups in total. The summed E-state index contributed by atoms with van der Waals surface area (Å²) in [5.74, 6) is 0.137. The van der Waals surface area contributed by atoms with E-state index < -0.39 is 0 Å². The molecule has 0 spiro atoms. The normalized spacial score (nSPS) is 14.2. The smallest absolute Gasteiger partial charge is 0.236 e. The van der Waals surface area contributed by atoms with E-state index in [-0.39, 0.29) is 18.0 Å². The lowest BCUT2D eigenvalue weighted by Gasteiger charge is -2.32. The molecule has 0 fully saturated rings. The summed E-state index contributed by atoms with van der Waals surface area (Å²) in [6, 6.07) is 3.89. The Bertz CT molecular complexity index is 448. The van der Waals surface area contributed by atoms with Crippen LogP contribution in [0.3, 0.4) is 0 Å². The molecule has 21 heavy (non-hydrogen) atoms. The molecule has 6 heteroatoms. The third-order valence-electron chi connectivity index (χ3n) is 3.74. The summed E-state index contributed by atoms with van der Waals surface area (Å²) in [5, 5.41) is 0. The van der Waals surface area contributed by atoms with E-state index in [1.165, 1.54) is 11.3 Å². The number of carbonyl (C=O) groups is 1. The number of hydrogen-bond acceptors (Lipinski definition) is 4. The molecule has 1 amide bonds. The van der Waals surface area contributed by atoms with Crippen LogP contribution >= 0.6 is 22.9 Å². The average molecular weight is 332 g/mol. The summed E-state index contributed by atoms with van der Waals surface area (Å²) in [6.45, 7) is 7.89. The number of halogens is 1. The van der Waals surface area contributed by atoms with Crippen molar-refractivity contribution in [3.63, 3.8) is 0 Å². The Labute approximate surface area is 136 Å². The SMILES string of the molecule is CCC(N)C(c1ccc(Cl)s1)N(C)CC(=O)N(CC)CC. The van der Waals surface area contributed by atoms with Gasteiger partial charge in [0.15, 0.2) is 0 Å². The van der Waals surface area contributed by atoms with Crippen molar-refractivity contribution in [2.45, 2.75) is 39.3 Å². The summed E-state index contributed by atoms with van der Waals surface area (Å²) in [6.07, 6.45) is 0.851. The number of likely N-dealkylation sites (N-methyl/N-ethyl adjacent to an activating group) is 2. The molecule has 0 aliphatic rings. The van der Waals surface area contributed by atoms with E-state index in [1.54, 1.807) is 0 Å². The first-order valence-corrected chi connectivity index (χ1v) is 8.62. The molecule has 0 aromatic carbocycles. The minimum absolute atomic E-state index is 0.0192. The van der Waals surface area contributed by atoms with Gasteiger partial charge in [0.1, 0.15) is 0 Å². The van der Waals surface area contributed by atoms with Crippen molar-refractivity contribution in [1.82, 2.24) is 9.80 Å². The Hall–Kier alpha value is -0.620. The molecule has 2 unspecified atom stereocenters. The molecule has 2 atom stereocenters. The fraction of sp³-hybridized carbons (Fsp3) is 0.667. The highest BCUT2D eigenvalue weighted by molar-refractivity contribution is 7.16. The molecule has 0 radical (unpaired) electrons. The highest BCUT2D eigenvalue weighted by Crippen LogP contribution is 2.32. The van der Waals surface area contributed by atoms with Crippen molar-refractivity contribution in [3.05, 3.63) is 21.3 Å². The van der Waals surface area contributed by atoms with Gasteiger partial charge in [-0.25, -0.2) is 0 Å². The van der Waals surface area contributed by atoms with Gasteiger partial charge in [0.25, 0.3) is 0 Å². The van der Waals surface area contributed by atoms with E-state index in [0.29, 0.717) is 6.54 Å². The van der Waals surface area contributed by atoms with E-state index in [0.717, 1.165) is 28.7 Å². The molecule has 1 aromatic rings. The number of hydrogen-bond donors (Lipinski definition) is 1. The molecule has 0 aliphatic heterocycles. The lowest BCUT2D eigenvalue weighted by molar-refractivity contribution is -0.132. The molecular formula is C15H26ClN3OS. The maximum absolute atomic E-state index is 12.3. The molecular weight excluding hydrogens is 306 g/mol. The summed E-state index contributed by atoms with van der Waals surface area (Å²) in [7, 11) is 1.95. The first-order valence-electron chi connectivity index (χ1n) is 7.43. The lowest BCUT2D eigenvalue weighted by Crippen LogP contribution is -2.44. The maximum Gasteiger partial charge on any atom is 0.236 e. The zero-order valence-corrected chi connectivity index (χ0v) is 14.9. The quantitative estimate of drug-likeness (QED) is 0.796. The zero-order chi connectivity index (χ0) is 16.0. The van der Waals surface area contributed by atoms with Crippen LogP contribution in [0.1, 0.15) is 38.1 Å². The molecule has 120 valence electrons. The van der Waals surface area contributed by atoms with Crippen molar-refractivity contribution in [2.75, 3.05) is 26.7 Å². The highest BCUT2D eigenvalue weighted by atomic mass is 35.5.